The molecule has 8 aromatic rings. The van der Waals surface area contributed by atoms with Gasteiger partial charge in [0.25, 0.3) is 0 Å². The van der Waals surface area contributed by atoms with Crippen LogP contribution in [0.25, 0.3) is 43.1 Å². The quantitative estimate of drug-likeness (QED) is 0.150. The van der Waals surface area contributed by atoms with E-state index in [1.165, 1.54) is 0 Å². The molecule has 0 fully saturated rings. The van der Waals surface area contributed by atoms with Gasteiger partial charge in [-0.15, -0.1) is 0 Å². The van der Waals surface area contributed by atoms with E-state index >= 15 is 0 Å². The first kappa shape index (κ1) is 34.6. The summed E-state index contributed by atoms with van der Waals surface area (Å²) < 4.78 is 35.3. The molecule has 57 heavy (non-hydrogen) atoms. The first-order chi connectivity index (χ1) is 27.9. The van der Waals surface area contributed by atoms with E-state index in [4.69, 9.17) is 27.1 Å². The van der Waals surface area contributed by atoms with Crippen LogP contribution in [0.5, 0.6) is 11.5 Å². The van der Waals surface area contributed by atoms with Crippen molar-refractivity contribution >= 4 is 84.2 Å². The van der Waals surface area contributed by atoms with Gasteiger partial charge in [-0.3, -0.25) is 0 Å². The Balaban J connectivity index is 1.04. The van der Waals surface area contributed by atoms with Gasteiger partial charge in [0.05, 0.1) is 11.1 Å². The number of rotatable bonds is 6. The summed E-state index contributed by atoms with van der Waals surface area (Å²) in [6.45, 7) is 0. The molecule has 0 saturated carbocycles. The van der Waals surface area contributed by atoms with Crippen molar-refractivity contribution in [2.45, 2.75) is 6.42 Å². The number of hydrogen-bond donors (Lipinski definition) is 0. The molecule has 0 aromatic heterocycles. The van der Waals surface area contributed by atoms with Gasteiger partial charge in [0.2, 0.25) is 0 Å². The summed E-state index contributed by atoms with van der Waals surface area (Å²) in [5.74, 6) is -2.51. The van der Waals surface area contributed by atoms with E-state index < -0.39 is 41.1 Å². The Morgan fingerprint density at radius 1 is 0.439 bits per heavy atom. The van der Waals surface area contributed by atoms with E-state index in [0.717, 1.165) is 32.3 Å². The Morgan fingerprint density at radius 2 is 0.807 bits per heavy atom. The summed E-state index contributed by atoms with van der Waals surface area (Å²) in [6, 6.07) is 43.6. The predicted molar refractivity (Wildman–Crippen MR) is 215 cm³/mol. The molecule has 0 radical (unpaired) electrons. The fourth-order valence-electron chi connectivity index (χ4n) is 7.38. The lowest BCUT2D eigenvalue weighted by molar-refractivity contribution is 0.0588. The van der Waals surface area contributed by atoms with Crippen molar-refractivity contribution in [3.8, 4) is 11.5 Å². The van der Waals surface area contributed by atoms with Crippen LogP contribution in [-0.4, -0.2) is 23.9 Å². The van der Waals surface area contributed by atoms with Crippen molar-refractivity contribution in [1.82, 2.24) is 0 Å². The van der Waals surface area contributed by atoms with Gasteiger partial charge in [0, 0.05) is 17.5 Å². The monoisotopic (exact) mass is 788 g/mol. The second-order valence-corrected chi connectivity index (χ2v) is 15.3. The maximum absolute atomic E-state index is 13.7. The molecule has 0 amide bonds. The lowest BCUT2D eigenvalue weighted by atomic mass is 9.90. The van der Waals surface area contributed by atoms with Crippen molar-refractivity contribution in [2.75, 3.05) is 0 Å². The second kappa shape index (κ2) is 14.0. The third kappa shape index (κ3) is 6.16. The Morgan fingerprint density at radius 3 is 1.25 bits per heavy atom. The Hall–Kier alpha value is -6.86. The van der Waals surface area contributed by atoms with E-state index in [1.54, 1.807) is 36.4 Å². The zero-order chi connectivity index (χ0) is 38.6. The Labute approximate surface area is 326 Å². The summed E-state index contributed by atoms with van der Waals surface area (Å²) in [7, 11) is -5.05. The van der Waals surface area contributed by atoms with Crippen molar-refractivity contribution in [3.63, 3.8) is 0 Å². The Kier molecular flexibility index (Phi) is 8.51. The van der Waals surface area contributed by atoms with E-state index in [9.17, 15) is 19.2 Å². The third-order valence-corrected chi connectivity index (χ3v) is 11.9. The van der Waals surface area contributed by atoms with Gasteiger partial charge >= 0.3 is 41.1 Å². The highest BCUT2D eigenvalue weighted by Gasteiger charge is 2.40. The standard InChI is InChI=1S/C45H26O10P2/c46-42(34-21-9-15-26-11-1-5-17-30(26)34)52-56-50-40-36(32-19-7-3-13-28(32)23-38(40)44(48)54-56)25-37-33-20-8-4-14-29(33)24-39-41(37)51-57(55-45(39)49)53-43(47)35-22-10-16-27-12-2-6-18-31(27)35/h1-24H,25H2. The normalized spacial score (nSPS) is 15.9. The molecule has 2 aliphatic rings. The van der Waals surface area contributed by atoms with Crippen LogP contribution < -0.4 is 9.05 Å². The molecule has 2 aliphatic heterocycles. The molecular formula is C45H26O10P2. The largest absolute Gasteiger partial charge is 0.535 e. The first-order valence-corrected chi connectivity index (χ1v) is 20.0. The smallest absolute Gasteiger partial charge is 0.407 e. The maximum Gasteiger partial charge on any atom is 0.535 e. The second-order valence-electron chi connectivity index (χ2n) is 13.3. The van der Waals surface area contributed by atoms with Crippen molar-refractivity contribution in [1.29, 1.82) is 0 Å². The van der Waals surface area contributed by atoms with Crippen LogP contribution in [0.2, 0.25) is 0 Å². The van der Waals surface area contributed by atoms with Crippen LogP contribution in [0.3, 0.4) is 0 Å². The van der Waals surface area contributed by atoms with Crippen LogP contribution in [0, 0.1) is 0 Å². The predicted octanol–water partition coefficient (Wildman–Crippen LogP) is 11.2. The van der Waals surface area contributed by atoms with Gasteiger partial charge in [-0.1, -0.05) is 121 Å². The van der Waals surface area contributed by atoms with Crippen LogP contribution in [0.4, 0.5) is 0 Å². The lowest BCUT2D eigenvalue weighted by Gasteiger charge is -2.27. The fraction of sp³-hybridized carbons (Fsp3) is 0.0222. The molecule has 2 heterocycles. The zero-order valence-electron chi connectivity index (χ0n) is 29.5. The number of hydrogen-bond acceptors (Lipinski definition) is 10. The lowest BCUT2D eigenvalue weighted by Crippen LogP contribution is -2.18. The number of carbonyl (C=O) groups is 4. The molecule has 12 heteroatoms. The highest BCUT2D eigenvalue weighted by Crippen LogP contribution is 2.54. The minimum atomic E-state index is -2.52. The maximum atomic E-state index is 13.7. The third-order valence-electron chi connectivity index (χ3n) is 9.98. The minimum Gasteiger partial charge on any atom is -0.407 e. The highest BCUT2D eigenvalue weighted by atomic mass is 31.2. The number of benzene rings is 8. The van der Waals surface area contributed by atoms with E-state index in [2.05, 4.69) is 0 Å². The molecular weight excluding hydrogens is 762 g/mol. The van der Waals surface area contributed by atoms with Gasteiger partial charge in [0.1, 0.15) is 22.6 Å². The van der Waals surface area contributed by atoms with Crippen molar-refractivity contribution in [2.24, 2.45) is 0 Å². The summed E-state index contributed by atoms with van der Waals surface area (Å²) >= 11 is 0. The fourth-order valence-corrected chi connectivity index (χ4v) is 9.26. The molecule has 8 aromatic carbocycles. The SMILES string of the molecule is O=C1OP(OC(=O)c2cccc3ccccc23)Oc2c1cc1ccccc1c2Cc1c2c(cc3ccccc13)C(=O)OP(OC(=O)c1cccc3ccccc13)O2. The minimum absolute atomic E-state index is 0.0782. The molecule has 0 saturated heterocycles. The van der Waals surface area contributed by atoms with Crippen LogP contribution in [0.1, 0.15) is 52.6 Å². The highest BCUT2D eigenvalue weighted by molar-refractivity contribution is 7.44. The van der Waals surface area contributed by atoms with Crippen LogP contribution in [0.15, 0.2) is 146 Å². The summed E-state index contributed by atoms with van der Waals surface area (Å²) in [5.41, 5.74) is 2.00. The average molecular weight is 789 g/mol. The molecule has 10 rings (SSSR count). The van der Waals surface area contributed by atoms with E-state index in [-0.39, 0.29) is 29.0 Å². The van der Waals surface area contributed by atoms with Gasteiger partial charge in [-0.25, -0.2) is 19.2 Å². The Bertz CT molecular complexity index is 2800. The molecule has 0 aliphatic carbocycles. The summed E-state index contributed by atoms with van der Waals surface area (Å²) in [5, 5.41) is 5.98. The number of fused-ring (bicyclic) bond motifs is 6. The van der Waals surface area contributed by atoms with Gasteiger partial charge in [-0.2, -0.15) is 0 Å². The molecule has 0 spiro atoms. The molecule has 2 atom stereocenters. The molecule has 10 nitrogen and oxygen atoms in total. The molecule has 0 bridgehead atoms. The zero-order valence-corrected chi connectivity index (χ0v) is 31.3. The molecule has 276 valence electrons. The van der Waals surface area contributed by atoms with E-state index in [0.29, 0.717) is 33.0 Å². The average Bonchev–Trinajstić information content (AvgIpc) is 3.23. The van der Waals surface area contributed by atoms with Gasteiger partial charge < -0.3 is 27.1 Å². The molecule has 2 unspecified atom stereocenters. The van der Waals surface area contributed by atoms with Crippen LogP contribution in [-0.2, 0) is 24.5 Å². The van der Waals surface area contributed by atoms with E-state index in [1.807, 2.05) is 109 Å². The summed E-state index contributed by atoms with van der Waals surface area (Å²) in [4.78, 5) is 54.5. The van der Waals surface area contributed by atoms with Crippen molar-refractivity contribution < 1.29 is 46.3 Å². The van der Waals surface area contributed by atoms with Crippen molar-refractivity contribution in [3.05, 3.63) is 179 Å². The van der Waals surface area contributed by atoms with Gasteiger partial charge in [-0.05, 0) is 67.4 Å². The number of carbonyl (C=O) groups excluding carboxylic acids is 4. The topological polar surface area (TPSA) is 124 Å². The first-order valence-electron chi connectivity index (χ1n) is 17.8. The van der Waals surface area contributed by atoms with Gasteiger partial charge in [0.15, 0.2) is 0 Å². The van der Waals surface area contributed by atoms with Crippen LogP contribution >= 0.6 is 17.2 Å². The molecule has 0 N–H and O–H groups in total. The summed E-state index contributed by atoms with van der Waals surface area (Å²) in [6.07, 6.45) is 0.0782.